The molecule has 2 rings (SSSR count). The van der Waals surface area contributed by atoms with Gasteiger partial charge in [-0.3, -0.25) is 10.1 Å². The molecule has 0 spiro atoms. The highest BCUT2D eigenvalue weighted by molar-refractivity contribution is 6.74. The third-order valence-corrected chi connectivity index (χ3v) is 10.1. The highest BCUT2D eigenvalue weighted by Crippen LogP contribution is 2.45. The molecule has 0 amide bonds. The van der Waals surface area contributed by atoms with E-state index in [0.717, 1.165) is 5.56 Å². The summed E-state index contributed by atoms with van der Waals surface area (Å²) < 4.78 is 12.2. The third-order valence-electron chi connectivity index (χ3n) is 5.79. The number of nitro benzene ring substituents is 1. The van der Waals surface area contributed by atoms with E-state index in [1.807, 2.05) is 18.2 Å². The summed E-state index contributed by atoms with van der Waals surface area (Å²) in [6, 6.07) is 11.5. The SMILES string of the molecule is C=C[C@H](c1cccc(OC)c1O[Si](C)(C)C(C)(C)C)[C@H](O)c1ccc([N+](=O)[O-])cc1. The van der Waals surface area contributed by atoms with Crippen LogP contribution in [0.25, 0.3) is 0 Å². The van der Waals surface area contributed by atoms with Gasteiger partial charge >= 0.3 is 0 Å². The molecule has 162 valence electrons. The van der Waals surface area contributed by atoms with Crippen molar-refractivity contribution in [3.8, 4) is 11.5 Å². The predicted octanol–water partition coefficient (Wildman–Crippen LogP) is 5.99. The van der Waals surface area contributed by atoms with Crippen molar-refractivity contribution >= 4 is 14.0 Å². The Bertz CT molecular complexity index is 903. The van der Waals surface area contributed by atoms with Crippen molar-refractivity contribution in [1.82, 2.24) is 0 Å². The molecule has 0 bridgehead atoms. The van der Waals surface area contributed by atoms with Gasteiger partial charge in [0.25, 0.3) is 14.0 Å². The Labute approximate surface area is 179 Å². The highest BCUT2D eigenvalue weighted by Gasteiger charge is 2.40. The molecule has 0 aromatic heterocycles. The van der Waals surface area contributed by atoms with E-state index >= 15 is 0 Å². The van der Waals surface area contributed by atoms with Crippen LogP contribution in [0, 0.1) is 10.1 Å². The Kier molecular flexibility index (Phi) is 7.10. The normalized spacial score (nSPS) is 14.0. The van der Waals surface area contributed by atoms with E-state index in [4.69, 9.17) is 9.16 Å². The van der Waals surface area contributed by atoms with Crippen LogP contribution >= 0.6 is 0 Å². The van der Waals surface area contributed by atoms with Crippen LogP contribution in [-0.2, 0) is 0 Å². The zero-order valence-corrected chi connectivity index (χ0v) is 19.5. The molecule has 0 aliphatic heterocycles. The average Bonchev–Trinajstić information content (AvgIpc) is 2.68. The van der Waals surface area contributed by atoms with Crippen LogP contribution in [0.2, 0.25) is 18.1 Å². The van der Waals surface area contributed by atoms with Gasteiger partial charge in [-0.25, -0.2) is 0 Å². The van der Waals surface area contributed by atoms with Gasteiger partial charge in [-0.2, -0.15) is 0 Å². The molecular weight excluding hydrogens is 398 g/mol. The quantitative estimate of drug-likeness (QED) is 0.241. The van der Waals surface area contributed by atoms with E-state index in [1.165, 1.54) is 12.1 Å². The number of nitrogens with zero attached hydrogens (tertiary/aromatic N) is 1. The second-order valence-electron chi connectivity index (χ2n) is 8.80. The van der Waals surface area contributed by atoms with E-state index < -0.39 is 25.3 Å². The number of para-hydroxylation sites is 1. The summed E-state index contributed by atoms with van der Waals surface area (Å²) in [6.07, 6.45) is 0.719. The second kappa shape index (κ2) is 9.02. The summed E-state index contributed by atoms with van der Waals surface area (Å²) in [7, 11) is -0.598. The molecule has 0 saturated heterocycles. The van der Waals surface area contributed by atoms with Crippen molar-refractivity contribution in [2.75, 3.05) is 7.11 Å². The predicted molar refractivity (Wildman–Crippen MR) is 122 cm³/mol. The Morgan fingerprint density at radius 2 is 1.77 bits per heavy atom. The maximum Gasteiger partial charge on any atom is 0.269 e. The molecule has 2 atom stereocenters. The van der Waals surface area contributed by atoms with Crippen LogP contribution in [0.5, 0.6) is 11.5 Å². The van der Waals surface area contributed by atoms with Crippen molar-refractivity contribution < 1.29 is 19.2 Å². The monoisotopic (exact) mass is 429 g/mol. The molecular formula is C23H31NO5Si. The molecule has 6 nitrogen and oxygen atoms in total. The first-order chi connectivity index (χ1) is 13.9. The average molecular weight is 430 g/mol. The van der Waals surface area contributed by atoms with Crippen LogP contribution in [-0.4, -0.2) is 25.5 Å². The number of hydrogen-bond acceptors (Lipinski definition) is 5. The molecule has 0 aliphatic carbocycles. The van der Waals surface area contributed by atoms with Crippen molar-refractivity contribution in [2.45, 2.75) is 50.9 Å². The number of non-ortho nitro benzene ring substituents is 1. The second-order valence-corrected chi connectivity index (χ2v) is 13.5. The standard InChI is InChI=1S/C23H31NO5Si/c1-8-18(21(25)16-12-14-17(15-13-16)24(26)27)19-10-9-11-20(28-5)22(19)29-30(6,7)23(2,3)4/h8-15,18,21,25H,1H2,2-7H3/t18-,21-/m1/s1. The van der Waals surface area contributed by atoms with Gasteiger partial charge in [-0.15, -0.1) is 6.58 Å². The molecule has 0 saturated carbocycles. The molecule has 2 aromatic rings. The van der Waals surface area contributed by atoms with Crippen molar-refractivity contribution in [3.63, 3.8) is 0 Å². The maximum atomic E-state index is 11.1. The minimum Gasteiger partial charge on any atom is -0.541 e. The molecule has 7 heteroatoms. The lowest BCUT2D eigenvalue weighted by Gasteiger charge is -2.38. The lowest BCUT2D eigenvalue weighted by molar-refractivity contribution is -0.384. The van der Waals surface area contributed by atoms with E-state index in [1.54, 1.807) is 25.3 Å². The number of aliphatic hydroxyl groups excluding tert-OH is 1. The topological polar surface area (TPSA) is 81.8 Å². The molecule has 1 N–H and O–H groups in total. The van der Waals surface area contributed by atoms with E-state index in [2.05, 4.69) is 40.4 Å². The molecule has 0 heterocycles. The van der Waals surface area contributed by atoms with Gasteiger partial charge in [0.2, 0.25) is 0 Å². The summed E-state index contributed by atoms with van der Waals surface area (Å²) in [5.74, 6) is 0.721. The number of hydrogen-bond donors (Lipinski definition) is 1. The fourth-order valence-corrected chi connectivity index (χ4v) is 3.93. The summed E-state index contributed by atoms with van der Waals surface area (Å²) in [5.41, 5.74) is 1.30. The smallest absolute Gasteiger partial charge is 0.269 e. The number of nitro groups is 1. The fraction of sp³-hybridized carbons (Fsp3) is 0.391. The zero-order valence-electron chi connectivity index (χ0n) is 18.5. The van der Waals surface area contributed by atoms with Gasteiger partial charge in [0, 0.05) is 23.6 Å². The Balaban J connectivity index is 2.51. The summed E-state index contributed by atoms with van der Waals surface area (Å²) in [5, 5.41) is 22.0. The van der Waals surface area contributed by atoms with E-state index in [-0.39, 0.29) is 10.7 Å². The number of methoxy groups -OCH3 is 1. The molecule has 0 aliphatic rings. The molecule has 0 fully saturated rings. The van der Waals surface area contributed by atoms with Gasteiger partial charge in [0.15, 0.2) is 11.5 Å². The number of rotatable bonds is 8. The van der Waals surface area contributed by atoms with Gasteiger partial charge in [-0.05, 0) is 41.9 Å². The van der Waals surface area contributed by atoms with Crippen LogP contribution in [0.4, 0.5) is 5.69 Å². The van der Waals surface area contributed by atoms with Crippen LogP contribution < -0.4 is 9.16 Å². The van der Waals surface area contributed by atoms with Crippen LogP contribution in [0.15, 0.2) is 55.1 Å². The first kappa shape index (κ1) is 23.6. The van der Waals surface area contributed by atoms with E-state index in [9.17, 15) is 15.2 Å². The maximum absolute atomic E-state index is 11.1. The summed E-state index contributed by atoms with van der Waals surface area (Å²) in [6.45, 7) is 14.7. The fourth-order valence-electron chi connectivity index (χ4n) is 2.90. The van der Waals surface area contributed by atoms with Crippen LogP contribution in [0.3, 0.4) is 0 Å². The van der Waals surface area contributed by atoms with Crippen molar-refractivity contribution in [3.05, 3.63) is 76.4 Å². The van der Waals surface area contributed by atoms with E-state index in [0.29, 0.717) is 17.1 Å². The zero-order chi connectivity index (χ0) is 22.7. The Morgan fingerprint density at radius 1 is 1.17 bits per heavy atom. The molecule has 0 unspecified atom stereocenters. The minimum atomic E-state index is -2.19. The van der Waals surface area contributed by atoms with Crippen molar-refractivity contribution in [2.24, 2.45) is 0 Å². The number of benzene rings is 2. The Morgan fingerprint density at radius 3 is 2.23 bits per heavy atom. The molecule has 2 aromatic carbocycles. The lowest BCUT2D eigenvalue weighted by atomic mass is 9.88. The number of ether oxygens (including phenoxy) is 1. The van der Waals surface area contributed by atoms with Gasteiger partial charge < -0.3 is 14.3 Å². The highest BCUT2D eigenvalue weighted by atomic mass is 28.4. The van der Waals surface area contributed by atoms with Crippen LogP contribution in [0.1, 0.15) is 43.9 Å². The first-order valence-corrected chi connectivity index (χ1v) is 12.7. The molecule has 30 heavy (non-hydrogen) atoms. The van der Waals surface area contributed by atoms with Gasteiger partial charge in [-0.1, -0.05) is 39.0 Å². The van der Waals surface area contributed by atoms with Gasteiger partial charge in [0.1, 0.15) is 0 Å². The number of aliphatic hydroxyl groups is 1. The first-order valence-electron chi connectivity index (χ1n) is 9.84. The third kappa shape index (κ3) is 4.91. The lowest BCUT2D eigenvalue weighted by Crippen LogP contribution is -2.44. The molecule has 0 radical (unpaired) electrons. The van der Waals surface area contributed by atoms with Crippen molar-refractivity contribution in [1.29, 1.82) is 0 Å². The minimum absolute atomic E-state index is 0.0220. The largest absolute Gasteiger partial charge is 0.541 e. The Hall–Kier alpha value is -2.64. The summed E-state index contributed by atoms with van der Waals surface area (Å²) in [4.78, 5) is 10.5. The summed E-state index contributed by atoms with van der Waals surface area (Å²) >= 11 is 0. The van der Waals surface area contributed by atoms with Gasteiger partial charge in [0.05, 0.1) is 18.1 Å².